The average Bonchev–Trinajstić information content (AvgIpc) is 3.23. The molecule has 7 heteroatoms. The summed E-state index contributed by atoms with van der Waals surface area (Å²) in [5, 5.41) is 11.1. The largest absolute Gasteiger partial charge is 0.457 e. The summed E-state index contributed by atoms with van der Waals surface area (Å²) in [5.74, 6) is 1.38. The number of hydrogen-bond donors (Lipinski definition) is 1. The van der Waals surface area contributed by atoms with Gasteiger partial charge in [-0.3, -0.25) is 10.1 Å². The lowest BCUT2D eigenvalue weighted by Crippen LogP contribution is -2.11. The van der Waals surface area contributed by atoms with Gasteiger partial charge < -0.3 is 9.15 Å². The third-order valence-electron chi connectivity index (χ3n) is 4.19. The van der Waals surface area contributed by atoms with Crippen LogP contribution >= 0.6 is 11.8 Å². The molecule has 0 fully saturated rings. The van der Waals surface area contributed by atoms with Gasteiger partial charge in [0, 0.05) is 21.3 Å². The molecule has 156 valence electrons. The van der Waals surface area contributed by atoms with Crippen molar-refractivity contribution in [1.82, 2.24) is 10.2 Å². The Balaban J connectivity index is 1.41. The minimum atomic E-state index is -0.342. The Morgan fingerprint density at radius 1 is 0.935 bits per heavy atom. The summed E-state index contributed by atoms with van der Waals surface area (Å²) in [5.41, 5.74) is 1.26. The van der Waals surface area contributed by atoms with Crippen molar-refractivity contribution >= 4 is 23.7 Å². The van der Waals surface area contributed by atoms with Crippen LogP contribution in [0.15, 0.2) is 88.2 Å². The highest BCUT2D eigenvalue weighted by Gasteiger charge is 2.14. The number of anilines is 1. The number of hydrogen-bond acceptors (Lipinski definition) is 6. The number of carbonyl (C=O) groups is 1. The number of ether oxygens (including phenoxy) is 1. The Morgan fingerprint density at radius 2 is 1.68 bits per heavy atom. The van der Waals surface area contributed by atoms with Gasteiger partial charge >= 0.3 is 6.01 Å². The van der Waals surface area contributed by atoms with E-state index in [9.17, 15) is 4.79 Å². The second-order valence-electron chi connectivity index (χ2n) is 7.00. The number of nitrogens with one attached hydrogen (secondary N) is 1. The van der Waals surface area contributed by atoms with Crippen molar-refractivity contribution in [2.45, 2.75) is 24.0 Å². The predicted octanol–water partition coefficient (Wildman–Crippen LogP) is 6.28. The maximum Gasteiger partial charge on any atom is 0.322 e. The zero-order valence-corrected chi connectivity index (χ0v) is 17.9. The fourth-order valence-electron chi connectivity index (χ4n) is 2.83. The van der Waals surface area contributed by atoms with Crippen molar-refractivity contribution < 1.29 is 13.9 Å². The molecule has 0 atom stereocenters. The highest BCUT2D eigenvalue weighted by atomic mass is 32.2. The Bertz CT molecular complexity index is 1160. The van der Waals surface area contributed by atoms with Crippen LogP contribution in [0.3, 0.4) is 0 Å². The number of para-hydroxylation sites is 1. The maximum absolute atomic E-state index is 12.5. The number of thioether (sulfide) groups is 1. The van der Waals surface area contributed by atoms with E-state index < -0.39 is 0 Å². The van der Waals surface area contributed by atoms with Crippen LogP contribution in [0.4, 0.5) is 6.01 Å². The van der Waals surface area contributed by atoms with Gasteiger partial charge in [-0.2, -0.15) is 0 Å². The van der Waals surface area contributed by atoms with Crippen LogP contribution in [0.2, 0.25) is 0 Å². The maximum atomic E-state index is 12.5. The minimum Gasteiger partial charge on any atom is -0.457 e. The van der Waals surface area contributed by atoms with E-state index in [2.05, 4.69) is 29.4 Å². The Labute approximate surface area is 184 Å². The van der Waals surface area contributed by atoms with Crippen molar-refractivity contribution in [3.63, 3.8) is 0 Å². The molecule has 4 aromatic rings. The summed E-state index contributed by atoms with van der Waals surface area (Å²) in [6.07, 6.45) is 0. The zero-order valence-electron chi connectivity index (χ0n) is 17.1. The van der Waals surface area contributed by atoms with Gasteiger partial charge in [0.05, 0.1) is 0 Å². The summed E-state index contributed by atoms with van der Waals surface area (Å²) in [4.78, 5) is 13.6. The number of aromatic nitrogens is 2. The molecule has 1 heterocycles. The zero-order chi connectivity index (χ0) is 21.6. The van der Waals surface area contributed by atoms with E-state index in [1.165, 1.54) is 0 Å². The molecule has 31 heavy (non-hydrogen) atoms. The van der Waals surface area contributed by atoms with Crippen molar-refractivity contribution in [3.05, 3.63) is 84.4 Å². The predicted molar refractivity (Wildman–Crippen MR) is 122 cm³/mol. The lowest BCUT2D eigenvalue weighted by atomic mass is 10.2. The number of carbonyl (C=O) groups excluding carboxylic acids is 1. The third-order valence-corrected chi connectivity index (χ3v) is 5.19. The Kier molecular flexibility index (Phi) is 6.33. The van der Waals surface area contributed by atoms with Gasteiger partial charge in [-0.15, -0.1) is 16.9 Å². The smallest absolute Gasteiger partial charge is 0.322 e. The fourth-order valence-corrected chi connectivity index (χ4v) is 3.73. The first-order valence-corrected chi connectivity index (χ1v) is 10.7. The van der Waals surface area contributed by atoms with Crippen LogP contribution in [0.1, 0.15) is 24.2 Å². The second kappa shape index (κ2) is 9.49. The normalized spacial score (nSPS) is 10.8. The van der Waals surface area contributed by atoms with Gasteiger partial charge in [0.25, 0.3) is 5.91 Å². The SMILES string of the molecule is CC(C)Sc1cccc(-c2nnc(NC(=O)c3ccc(Oc4ccccc4)cc3)o2)c1. The van der Waals surface area contributed by atoms with Crippen molar-refractivity contribution in [1.29, 1.82) is 0 Å². The molecule has 0 saturated heterocycles. The highest BCUT2D eigenvalue weighted by molar-refractivity contribution is 7.99. The molecule has 4 rings (SSSR count). The van der Waals surface area contributed by atoms with E-state index in [0.717, 1.165) is 16.2 Å². The summed E-state index contributed by atoms with van der Waals surface area (Å²) < 4.78 is 11.4. The van der Waals surface area contributed by atoms with Gasteiger partial charge in [0.2, 0.25) is 5.89 Å². The molecular formula is C24H21N3O3S. The standard InChI is InChI=1S/C24H21N3O3S/c1-16(2)31-21-10-6-7-18(15-21)23-26-27-24(30-23)25-22(28)17-11-13-20(14-12-17)29-19-8-4-3-5-9-19/h3-16H,1-2H3,(H,25,27,28). The average molecular weight is 432 g/mol. The summed E-state index contributed by atoms with van der Waals surface area (Å²) in [7, 11) is 0. The van der Waals surface area contributed by atoms with Gasteiger partial charge in [-0.1, -0.05) is 43.2 Å². The van der Waals surface area contributed by atoms with Crippen LogP contribution in [0.5, 0.6) is 11.5 Å². The lowest BCUT2D eigenvalue weighted by Gasteiger charge is -2.06. The first-order chi connectivity index (χ1) is 15.1. The molecule has 0 aliphatic carbocycles. The fraction of sp³-hybridized carbons (Fsp3) is 0.125. The molecule has 1 amide bonds. The van der Waals surface area contributed by atoms with E-state index in [-0.39, 0.29) is 11.9 Å². The number of rotatable bonds is 7. The summed E-state index contributed by atoms with van der Waals surface area (Å²) >= 11 is 1.75. The van der Waals surface area contributed by atoms with E-state index in [1.54, 1.807) is 36.0 Å². The van der Waals surface area contributed by atoms with Gasteiger partial charge in [-0.05, 0) is 54.6 Å². The summed E-state index contributed by atoms with van der Waals surface area (Å²) in [6.45, 7) is 4.27. The molecule has 6 nitrogen and oxygen atoms in total. The van der Waals surface area contributed by atoms with Gasteiger partial charge in [0.1, 0.15) is 11.5 Å². The lowest BCUT2D eigenvalue weighted by molar-refractivity contribution is 0.102. The van der Waals surface area contributed by atoms with Crippen molar-refractivity contribution in [2.75, 3.05) is 5.32 Å². The Hall–Kier alpha value is -3.58. The van der Waals surface area contributed by atoms with Crippen LogP contribution in [0, 0.1) is 0 Å². The first-order valence-electron chi connectivity index (χ1n) is 9.82. The molecule has 1 N–H and O–H groups in total. The van der Waals surface area contributed by atoms with E-state index in [1.807, 2.05) is 54.6 Å². The van der Waals surface area contributed by atoms with E-state index in [4.69, 9.17) is 9.15 Å². The summed E-state index contributed by atoms with van der Waals surface area (Å²) in [6, 6.07) is 24.2. The molecule has 1 aromatic heterocycles. The van der Waals surface area contributed by atoms with E-state index >= 15 is 0 Å². The molecule has 0 aliphatic heterocycles. The monoisotopic (exact) mass is 431 g/mol. The number of benzene rings is 3. The second-order valence-corrected chi connectivity index (χ2v) is 8.65. The van der Waals surface area contributed by atoms with Crippen molar-refractivity contribution in [2.24, 2.45) is 0 Å². The molecule has 0 aliphatic rings. The topological polar surface area (TPSA) is 77.2 Å². The van der Waals surface area contributed by atoms with Crippen LogP contribution in [-0.2, 0) is 0 Å². The molecule has 3 aromatic carbocycles. The Morgan fingerprint density at radius 3 is 2.42 bits per heavy atom. The minimum absolute atomic E-state index is 0.0477. The van der Waals surface area contributed by atoms with Crippen LogP contribution in [-0.4, -0.2) is 21.4 Å². The molecule has 0 unspecified atom stereocenters. The van der Waals surface area contributed by atoms with Gasteiger partial charge in [0.15, 0.2) is 0 Å². The first kappa shape index (κ1) is 20.7. The molecule has 0 radical (unpaired) electrons. The van der Waals surface area contributed by atoms with E-state index in [0.29, 0.717) is 22.5 Å². The quantitative estimate of drug-likeness (QED) is 0.347. The number of nitrogens with zero attached hydrogens (tertiary/aromatic N) is 2. The van der Waals surface area contributed by atoms with Crippen LogP contribution < -0.4 is 10.1 Å². The molecular weight excluding hydrogens is 410 g/mol. The van der Waals surface area contributed by atoms with Crippen LogP contribution in [0.25, 0.3) is 11.5 Å². The van der Waals surface area contributed by atoms with Gasteiger partial charge in [-0.25, -0.2) is 0 Å². The highest BCUT2D eigenvalue weighted by Crippen LogP contribution is 2.28. The molecule has 0 spiro atoms. The number of amides is 1. The van der Waals surface area contributed by atoms with Crippen molar-refractivity contribution in [3.8, 4) is 23.0 Å². The molecule has 0 saturated carbocycles. The molecule has 0 bridgehead atoms. The third kappa shape index (κ3) is 5.52.